The quantitative estimate of drug-likeness (QED) is 0.546. The van der Waals surface area contributed by atoms with Gasteiger partial charge in [-0.3, -0.25) is 9.59 Å². The van der Waals surface area contributed by atoms with Crippen molar-refractivity contribution in [3.05, 3.63) is 59.7 Å². The maximum atomic E-state index is 12.9. The molecule has 1 N–H and O–H groups in total. The fraction of sp³-hybridized carbons (Fsp3) is 0.364. The summed E-state index contributed by atoms with van der Waals surface area (Å²) in [7, 11) is 0. The third kappa shape index (κ3) is 5.96. The predicted octanol–water partition coefficient (Wildman–Crippen LogP) is 3.09. The molecule has 0 atom stereocenters. The van der Waals surface area contributed by atoms with Crippen molar-refractivity contribution >= 4 is 17.9 Å². The van der Waals surface area contributed by atoms with Gasteiger partial charge in [0.2, 0.25) is 0 Å². The summed E-state index contributed by atoms with van der Waals surface area (Å²) >= 11 is 0. The van der Waals surface area contributed by atoms with Crippen LogP contribution in [0.4, 0.5) is 0 Å². The van der Waals surface area contributed by atoms with Crippen molar-refractivity contribution in [2.24, 2.45) is 0 Å². The Bertz CT molecular complexity index is 821. The van der Waals surface area contributed by atoms with Gasteiger partial charge in [-0.1, -0.05) is 13.3 Å². The van der Waals surface area contributed by atoms with Crippen LogP contribution in [0.5, 0.6) is 5.75 Å². The number of carbonyl (C=O) groups excluding carboxylic acids is 2. The van der Waals surface area contributed by atoms with E-state index >= 15 is 0 Å². The number of ether oxygens (including phenoxy) is 2. The Morgan fingerprint density at radius 2 is 1.93 bits per heavy atom. The Kier molecular flexibility index (Phi) is 7.47. The lowest BCUT2D eigenvalue weighted by Crippen LogP contribution is -2.44. The molecule has 1 fully saturated rings. The van der Waals surface area contributed by atoms with E-state index in [0.29, 0.717) is 50.0 Å². The van der Waals surface area contributed by atoms with Gasteiger partial charge in [-0.05, 0) is 42.8 Å². The van der Waals surface area contributed by atoms with Gasteiger partial charge in [0, 0.05) is 24.7 Å². The van der Waals surface area contributed by atoms with Gasteiger partial charge in [0.05, 0.1) is 26.1 Å². The van der Waals surface area contributed by atoms with E-state index in [1.807, 2.05) is 0 Å². The fourth-order valence-corrected chi connectivity index (χ4v) is 2.84. The first-order valence-electron chi connectivity index (χ1n) is 9.84. The maximum absolute atomic E-state index is 12.9. The van der Waals surface area contributed by atoms with Crippen molar-refractivity contribution in [2.75, 3.05) is 32.9 Å². The minimum absolute atomic E-state index is 0.162. The minimum atomic E-state index is -0.371. The van der Waals surface area contributed by atoms with Gasteiger partial charge in [-0.15, -0.1) is 0 Å². The summed E-state index contributed by atoms with van der Waals surface area (Å²) in [6, 6.07) is 10.3. The average Bonchev–Trinajstić information content (AvgIpc) is 3.27. The maximum Gasteiger partial charge on any atom is 0.270 e. The highest BCUT2D eigenvalue weighted by Gasteiger charge is 2.23. The molecule has 2 aromatic rings. The van der Waals surface area contributed by atoms with Crippen molar-refractivity contribution in [1.82, 2.24) is 10.2 Å². The smallest absolute Gasteiger partial charge is 0.270 e. The highest BCUT2D eigenvalue weighted by Crippen LogP contribution is 2.15. The molecule has 1 aromatic carbocycles. The number of unbranched alkanes of at least 4 members (excludes halogenated alkanes) is 1. The van der Waals surface area contributed by atoms with E-state index in [9.17, 15) is 9.59 Å². The summed E-state index contributed by atoms with van der Waals surface area (Å²) in [6.07, 6.45) is 5.09. The second-order valence-corrected chi connectivity index (χ2v) is 6.66. The molecule has 7 nitrogen and oxygen atoms in total. The zero-order valence-corrected chi connectivity index (χ0v) is 16.6. The van der Waals surface area contributed by atoms with E-state index in [1.165, 1.54) is 12.3 Å². The van der Waals surface area contributed by atoms with Crippen molar-refractivity contribution in [1.29, 1.82) is 0 Å². The normalized spacial score (nSPS) is 14.5. The van der Waals surface area contributed by atoms with Gasteiger partial charge in [0.1, 0.15) is 17.2 Å². The topological polar surface area (TPSA) is 81.0 Å². The van der Waals surface area contributed by atoms with Gasteiger partial charge < -0.3 is 24.1 Å². The van der Waals surface area contributed by atoms with Crippen molar-refractivity contribution in [2.45, 2.75) is 19.8 Å². The van der Waals surface area contributed by atoms with Crippen molar-refractivity contribution in [3.63, 3.8) is 0 Å². The zero-order chi connectivity index (χ0) is 20.5. The molecule has 0 unspecified atom stereocenters. The highest BCUT2D eigenvalue weighted by molar-refractivity contribution is 6.05. The Hall–Kier alpha value is -3.06. The molecule has 1 saturated heterocycles. The molecule has 0 bridgehead atoms. The third-order valence-electron chi connectivity index (χ3n) is 4.49. The molecule has 1 aliphatic rings. The molecule has 2 heterocycles. The van der Waals surface area contributed by atoms with Crippen molar-refractivity contribution < 1.29 is 23.5 Å². The van der Waals surface area contributed by atoms with Crippen LogP contribution in [-0.4, -0.2) is 49.6 Å². The first-order valence-corrected chi connectivity index (χ1v) is 9.84. The Morgan fingerprint density at radius 3 is 2.59 bits per heavy atom. The molecule has 29 heavy (non-hydrogen) atoms. The van der Waals surface area contributed by atoms with E-state index in [4.69, 9.17) is 13.9 Å². The molecule has 0 spiro atoms. The largest absolute Gasteiger partial charge is 0.494 e. The summed E-state index contributed by atoms with van der Waals surface area (Å²) in [5.74, 6) is 0.564. The summed E-state index contributed by atoms with van der Waals surface area (Å²) in [5.41, 5.74) is 0.600. The fourth-order valence-electron chi connectivity index (χ4n) is 2.84. The number of benzene rings is 1. The SMILES string of the molecule is CCCCOc1ccc(C(=O)NC(=Cc2ccco2)C(=O)N2CCOCC2)cc1. The molecular weight excluding hydrogens is 372 g/mol. The highest BCUT2D eigenvalue weighted by atomic mass is 16.5. The van der Waals surface area contributed by atoms with Crippen LogP contribution in [0.15, 0.2) is 52.8 Å². The lowest BCUT2D eigenvalue weighted by atomic mass is 10.2. The number of nitrogens with zero attached hydrogens (tertiary/aromatic N) is 1. The van der Waals surface area contributed by atoms with Crippen LogP contribution in [0.25, 0.3) is 6.08 Å². The van der Waals surface area contributed by atoms with Crippen LogP contribution in [0.2, 0.25) is 0 Å². The molecule has 3 rings (SSSR count). The molecule has 1 aliphatic heterocycles. The number of hydrogen-bond acceptors (Lipinski definition) is 5. The van der Waals surface area contributed by atoms with Gasteiger partial charge in [-0.25, -0.2) is 0 Å². The van der Waals surface area contributed by atoms with E-state index < -0.39 is 0 Å². The molecule has 0 aliphatic carbocycles. The van der Waals surface area contributed by atoms with Gasteiger partial charge >= 0.3 is 0 Å². The molecule has 154 valence electrons. The number of furan rings is 1. The number of morpholine rings is 1. The van der Waals surface area contributed by atoms with Crippen LogP contribution in [-0.2, 0) is 9.53 Å². The number of carbonyl (C=O) groups is 2. The van der Waals surface area contributed by atoms with Crippen LogP contribution in [0, 0.1) is 0 Å². The standard InChI is InChI=1S/C22H26N2O5/c1-2-3-12-28-18-8-6-17(7-9-18)21(25)23-20(16-19-5-4-13-29-19)22(26)24-10-14-27-15-11-24/h4-9,13,16H,2-3,10-12,14-15H2,1H3,(H,23,25). The Balaban J connectivity index is 1.71. The zero-order valence-electron chi connectivity index (χ0n) is 16.6. The summed E-state index contributed by atoms with van der Waals surface area (Å²) < 4.78 is 16.2. The summed E-state index contributed by atoms with van der Waals surface area (Å²) in [5, 5.41) is 2.73. The van der Waals surface area contributed by atoms with E-state index in [-0.39, 0.29) is 17.5 Å². The molecular formula is C22H26N2O5. The molecule has 7 heteroatoms. The van der Waals surface area contributed by atoms with Gasteiger partial charge in [0.15, 0.2) is 0 Å². The predicted molar refractivity (Wildman–Crippen MR) is 108 cm³/mol. The van der Waals surface area contributed by atoms with E-state index in [0.717, 1.165) is 12.8 Å². The molecule has 1 aromatic heterocycles. The molecule has 0 radical (unpaired) electrons. The van der Waals surface area contributed by atoms with E-state index in [1.54, 1.807) is 41.3 Å². The average molecular weight is 398 g/mol. The molecule has 2 amide bonds. The second-order valence-electron chi connectivity index (χ2n) is 6.66. The minimum Gasteiger partial charge on any atom is -0.494 e. The van der Waals surface area contributed by atoms with Crippen LogP contribution >= 0.6 is 0 Å². The number of nitrogens with one attached hydrogen (secondary N) is 1. The Labute approximate surface area is 170 Å². The van der Waals surface area contributed by atoms with Gasteiger partial charge in [0.25, 0.3) is 11.8 Å². The second kappa shape index (κ2) is 10.5. The summed E-state index contributed by atoms with van der Waals surface area (Å²) in [6.45, 7) is 4.66. The van der Waals surface area contributed by atoms with Gasteiger partial charge in [-0.2, -0.15) is 0 Å². The van der Waals surface area contributed by atoms with Crippen molar-refractivity contribution in [3.8, 4) is 5.75 Å². The number of rotatable bonds is 8. The lowest BCUT2D eigenvalue weighted by molar-refractivity contribution is -0.131. The van der Waals surface area contributed by atoms with Crippen LogP contribution < -0.4 is 10.1 Å². The summed E-state index contributed by atoms with van der Waals surface area (Å²) in [4.78, 5) is 27.3. The monoisotopic (exact) mass is 398 g/mol. The van der Waals surface area contributed by atoms with Crippen LogP contribution in [0.3, 0.4) is 0 Å². The van der Waals surface area contributed by atoms with Crippen LogP contribution in [0.1, 0.15) is 35.9 Å². The first-order chi connectivity index (χ1) is 14.2. The molecule has 0 saturated carbocycles. The van der Waals surface area contributed by atoms with E-state index in [2.05, 4.69) is 12.2 Å². The number of hydrogen-bond donors (Lipinski definition) is 1. The third-order valence-corrected chi connectivity index (χ3v) is 4.49. The lowest BCUT2D eigenvalue weighted by Gasteiger charge is -2.27. The number of amides is 2. The first kappa shape index (κ1) is 20.7. The Morgan fingerprint density at radius 1 is 1.17 bits per heavy atom.